The quantitative estimate of drug-likeness (QED) is 0.484. The van der Waals surface area contributed by atoms with Crippen LogP contribution in [0.3, 0.4) is 0 Å². The van der Waals surface area contributed by atoms with Crippen LogP contribution >= 0.6 is 0 Å². The fourth-order valence-corrected chi connectivity index (χ4v) is 2.93. The number of likely N-dealkylation sites (tertiary alicyclic amines) is 1. The van der Waals surface area contributed by atoms with Crippen LogP contribution in [0.4, 0.5) is 0 Å². The Kier molecular flexibility index (Phi) is 6.41. The van der Waals surface area contributed by atoms with Gasteiger partial charge in [-0.25, -0.2) is 0 Å². The van der Waals surface area contributed by atoms with E-state index in [0.717, 1.165) is 19.3 Å². The largest absolute Gasteiger partial charge is 0.368 e. The molecule has 2 fully saturated rings. The lowest BCUT2D eigenvalue weighted by molar-refractivity contribution is -0.137. The first kappa shape index (κ1) is 16.2. The number of carbonyl (C=O) groups is 2. The fraction of sp³-hybridized carbons (Fsp3) is 0.857. The summed E-state index contributed by atoms with van der Waals surface area (Å²) in [6.07, 6.45) is 6.49. The van der Waals surface area contributed by atoms with Crippen molar-refractivity contribution in [2.45, 2.75) is 50.7 Å². The Bertz CT molecular complexity index is 358. The summed E-state index contributed by atoms with van der Waals surface area (Å²) in [4.78, 5) is 24.7. The minimum Gasteiger partial charge on any atom is -0.368 e. The summed E-state index contributed by atoms with van der Waals surface area (Å²) in [6, 6.07) is -0.453. The van der Waals surface area contributed by atoms with Crippen LogP contribution in [-0.2, 0) is 19.1 Å². The second kappa shape index (κ2) is 8.31. The SMILES string of the molecule is NC(=O)[C@@H]1CCCN1C(=O)CNCOCOC1CCCC1. The van der Waals surface area contributed by atoms with Crippen molar-refractivity contribution < 1.29 is 19.1 Å². The van der Waals surface area contributed by atoms with Crippen LogP contribution < -0.4 is 11.1 Å². The number of primary amides is 1. The number of nitrogens with two attached hydrogens (primary N) is 1. The maximum atomic E-state index is 12.0. The van der Waals surface area contributed by atoms with Gasteiger partial charge in [0.15, 0.2) is 0 Å². The van der Waals surface area contributed by atoms with E-state index < -0.39 is 11.9 Å². The van der Waals surface area contributed by atoms with Gasteiger partial charge in [-0.15, -0.1) is 0 Å². The van der Waals surface area contributed by atoms with E-state index in [4.69, 9.17) is 15.2 Å². The molecule has 1 aliphatic carbocycles. The minimum atomic E-state index is -0.453. The highest BCUT2D eigenvalue weighted by Gasteiger charge is 2.32. The first-order valence-electron chi connectivity index (χ1n) is 7.67. The number of nitrogens with one attached hydrogen (secondary N) is 1. The van der Waals surface area contributed by atoms with E-state index in [1.807, 2.05) is 0 Å². The van der Waals surface area contributed by atoms with Crippen molar-refractivity contribution in [1.29, 1.82) is 0 Å². The van der Waals surface area contributed by atoms with Gasteiger partial charge in [-0.1, -0.05) is 12.8 Å². The standard InChI is InChI=1S/C14H25N3O4/c15-14(19)12-6-3-7-17(12)13(18)8-16-9-20-10-21-11-4-1-2-5-11/h11-12,16H,1-10H2,(H2,15,19)/t12-/m0/s1. The van der Waals surface area contributed by atoms with Crippen LogP contribution in [0.1, 0.15) is 38.5 Å². The molecule has 0 aromatic heterocycles. The molecule has 7 heteroatoms. The van der Waals surface area contributed by atoms with E-state index in [1.165, 1.54) is 12.8 Å². The van der Waals surface area contributed by atoms with Crippen molar-refractivity contribution in [1.82, 2.24) is 10.2 Å². The Morgan fingerprint density at radius 3 is 2.67 bits per heavy atom. The number of hydrogen-bond donors (Lipinski definition) is 2. The van der Waals surface area contributed by atoms with Crippen molar-refractivity contribution >= 4 is 11.8 Å². The third kappa shape index (κ3) is 4.94. The van der Waals surface area contributed by atoms with Gasteiger partial charge in [-0.3, -0.25) is 14.9 Å². The zero-order chi connectivity index (χ0) is 15.1. The highest BCUT2D eigenvalue weighted by atomic mass is 16.7. The molecule has 1 atom stereocenters. The third-order valence-corrected chi connectivity index (χ3v) is 4.07. The Morgan fingerprint density at radius 1 is 1.19 bits per heavy atom. The van der Waals surface area contributed by atoms with E-state index in [9.17, 15) is 9.59 Å². The zero-order valence-corrected chi connectivity index (χ0v) is 12.4. The van der Waals surface area contributed by atoms with Crippen molar-refractivity contribution in [3.8, 4) is 0 Å². The molecule has 0 aromatic rings. The van der Waals surface area contributed by atoms with Gasteiger partial charge in [0.05, 0.1) is 19.4 Å². The lowest BCUT2D eigenvalue weighted by atomic mass is 10.2. The zero-order valence-electron chi connectivity index (χ0n) is 12.4. The molecule has 0 bridgehead atoms. The fourth-order valence-electron chi connectivity index (χ4n) is 2.93. The molecule has 120 valence electrons. The maximum absolute atomic E-state index is 12.0. The molecule has 21 heavy (non-hydrogen) atoms. The molecule has 2 aliphatic rings. The Balaban J connectivity index is 1.53. The van der Waals surface area contributed by atoms with Gasteiger partial charge in [0, 0.05) is 6.54 Å². The van der Waals surface area contributed by atoms with Gasteiger partial charge < -0.3 is 20.1 Å². The predicted molar refractivity (Wildman–Crippen MR) is 76.1 cm³/mol. The molecule has 0 unspecified atom stereocenters. The first-order valence-corrected chi connectivity index (χ1v) is 7.67. The third-order valence-electron chi connectivity index (χ3n) is 4.07. The molecule has 0 radical (unpaired) electrons. The second-order valence-electron chi connectivity index (χ2n) is 5.61. The van der Waals surface area contributed by atoms with Crippen LogP contribution in [0.25, 0.3) is 0 Å². The molecule has 1 heterocycles. The summed E-state index contributed by atoms with van der Waals surface area (Å²) in [5, 5.41) is 2.90. The summed E-state index contributed by atoms with van der Waals surface area (Å²) in [7, 11) is 0. The second-order valence-corrected chi connectivity index (χ2v) is 5.61. The Hall–Kier alpha value is -1.18. The van der Waals surface area contributed by atoms with Gasteiger partial charge in [0.25, 0.3) is 0 Å². The topological polar surface area (TPSA) is 93.9 Å². The predicted octanol–water partition coefficient (Wildman–Crippen LogP) is -0.0569. The van der Waals surface area contributed by atoms with Crippen molar-refractivity contribution in [3.63, 3.8) is 0 Å². The van der Waals surface area contributed by atoms with Crippen LogP contribution in [0, 0.1) is 0 Å². The van der Waals surface area contributed by atoms with E-state index in [1.54, 1.807) is 4.90 Å². The molecule has 1 aliphatic heterocycles. The number of nitrogens with zero attached hydrogens (tertiary/aromatic N) is 1. The van der Waals surface area contributed by atoms with Gasteiger partial charge in [-0.2, -0.15) is 0 Å². The molecule has 0 spiro atoms. The molecular formula is C14H25N3O4. The van der Waals surface area contributed by atoms with Crippen LogP contribution in [-0.4, -0.2) is 55.5 Å². The van der Waals surface area contributed by atoms with E-state index in [-0.39, 0.29) is 26.0 Å². The monoisotopic (exact) mass is 299 g/mol. The minimum absolute atomic E-state index is 0.114. The summed E-state index contributed by atoms with van der Waals surface area (Å²) in [5.74, 6) is -0.543. The van der Waals surface area contributed by atoms with Crippen LogP contribution in [0.5, 0.6) is 0 Å². The molecule has 1 saturated carbocycles. The summed E-state index contributed by atoms with van der Waals surface area (Å²) < 4.78 is 10.8. The summed E-state index contributed by atoms with van der Waals surface area (Å²) in [5.41, 5.74) is 5.29. The molecule has 1 saturated heterocycles. The summed E-state index contributed by atoms with van der Waals surface area (Å²) in [6.45, 7) is 1.25. The number of hydrogen-bond acceptors (Lipinski definition) is 5. The highest BCUT2D eigenvalue weighted by Crippen LogP contribution is 2.20. The van der Waals surface area contributed by atoms with E-state index in [0.29, 0.717) is 19.1 Å². The van der Waals surface area contributed by atoms with Gasteiger partial charge in [0.2, 0.25) is 11.8 Å². The highest BCUT2D eigenvalue weighted by molar-refractivity contribution is 5.87. The Morgan fingerprint density at radius 2 is 1.95 bits per heavy atom. The number of rotatable bonds is 8. The van der Waals surface area contributed by atoms with E-state index in [2.05, 4.69) is 5.32 Å². The molecular weight excluding hydrogens is 274 g/mol. The van der Waals surface area contributed by atoms with Gasteiger partial charge >= 0.3 is 0 Å². The average Bonchev–Trinajstić information content (AvgIpc) is 3.12. The molecule has 2 rings (SSSR count). The number of amides is 2. The van der Waals surface area contributed by atoms with Gasteiger partial charge in [-0.05, 0) is 25.7 Å². The molecule has 2 amide bonds. The van der Waals surface area contributed by atoms with Crippen LogP contribution in [0.2, 0.25) is 0 Å². The maximum Gasteiger partial charge on any atom is 0.240 e. The average molecular weight is 299 g/mol. The van der Waals surface area contributed by atoms with Crippen LogP contribution in [0.15, 0.2) is 0 Å². The first-order chi connectivity index (χ1) is 10.2. The normalized spacial score (nSPS) is 22.9. The van der Waals surface area contributed by atoms with Crippen molar-refractivity contribution in [3.05, 3.63) is 0 Å². The lowest BCUT2D eigenvalue weighted by Gasteiger charge is -2.22. The molecule has 0 aromatic carbocycles. The Labute approximate surface area is 125 Å². The molecule has 7 nitrogen and oxygen atoms in total. The van der Waals surface area contributed by atoms with Crippen molar-refractivity contribution in [2.24, 2.45) is 5.73 Å². The van der Waals surface area contributed by atoms with Gasteiger partial charge in [0.1, 0.15) is 12.8 Å². The van der Waals surface area contributed by atoms with E-state index >= 15 is 0 Å². The smallest absolute Gasteiger partial charge is 0.240 e. The van der Waals surface area contributed by atoms with Crippen molar-refractivity contribution in [2.75, 3.05) is 26.6 Å². The summed E-state index contributed by atoms with van der Waals surface area (Å²) >= 11 is 0. The number of ether oxygens (including phenoxy) is 2. The number of carbonyl (C=O) groups excluding carboxylic acids is 2. The lowest BCUT2D eigenvalue weighted by Crippen LogP contribution is -2.47. The molecule has 3 N–H and O–H groups in total.